The Kier molecular flexibility index (Phi) is 16.8. The molecule has 92 heavy (non-hydrogen) atoms. The topological polar surface area (TPSA) is 274 Å². The van der Waals surface area contributed by atoms with Crippen LogP contribution in [0.2, 0.25) is 0 Å². The minimum absolute atomic E-state index is 0.0101. The largest absolute Gasteiger partial charge is 0.473 e. The van der Waals surface area contributed by atoms with Gasteiger partial charge in [-0.05, 0) is 86.8 Å². The zero-order valence-electron chi connectivity index (χ0n) is 49.2. The molecule has 6 fully saturated rings. The normalized spacial score (nSPS) is 18.3. The van der Waals surface area contributed by atoms with Crippen LogP contribution in [0.3, 0.4) is 0 Å². The van der Waals surface area contributed by atoms with Crippen LogP contribution >= 0.6 is 0 Å². The minimum atomic E-state index is -4.64. The van der Waals surface area contributed by atoms with Crippen molar-refractivity contribution in [2.24, 2.45) is 10.8 Å². The smallest absolute Gasteiger partial charge is 0.431 e. The lowest BCUT2D eigenvalue weighted by Gasteiger charge is -2.47. The number of hydrogen-bond acceptors (Lipinski definition) is 18. The summed E-state index contributed by atoms with van der Waals surface area (Å²) >= 11 is 0. The summed E-state index contributed by atoms with van der Waals surface area (Å²) in [5.74, 6) is -3.29. The molecule has 0 bridgehead atoms. The van der Waals surface area contributed by atoms with Crippen molar-refractivity contribution in [3.05, 3.63) is 95.3 Å². The molecule has 4 N–H and O–H groups in total. The number of piperidine rings is 1. The third-order valence-corrected chi connectivity index (χ3v) is 17.7. The number of aldehydes is 1. The number of nitrogens with one attached hydrogen (secondary N) is 2. The molecule has 29 heteroatoms. The molecule has 0 radical (unpaired) electrons. The highest BCUT2D eigenvalue weighted by molar-refractivity contribution is 6.27. The number of alkyl halides is 6. The number of carbonyl (C=O) groups excluding carboxylic acids is 1. The van der Waals surface area contributed by atoms with Gasteiger partial charge in [-0.15, -0.1) is 0 Å². The number of carbonyl (C=O) groups is 3. The number of carboxylic acids is 2. The van der Waals surface area contributed by atoms with Crippen LogP contribution in [0, 0.1) is 16.6 Å². The SMILES string of the molecule is C1CCC2(CC1)COC2.FC(F)(F)c1cc2c(-c3nc(N4CCOCC4)c4oc5ncc(CN6CCC7(CC6)COC7)cc5c4n3)cccc2[nH]1.O=C(O)C(=O)O.O=Cc1cnc2oc3c(N4CCOCC4)nc(-c4c(F)ccc5[nH]c(C(F)(F)F)cc45)nc3c2c1. The second-order valence-electron chi connectivity index (χ2n) is 23.9. The molecule has 0 amide bonds. The van der Waals surface area contributed by atoms with E-state index in [1.54, 1.807) is 18.2 Å². The van der Waals surface area contributed by atoms with Gasteiger partial charge in [-0.25, -0.2) is 43.9 Å². The first-order valence-corrected chi connectivity index (χ1v) is 30.0. The van der Waals surface area contributed by atoms with E-state index in [1.165, 1.54) is 50.4 Å². The number of benzene rings is 2. The van der Waals surface area contributed by atoms with Gasteiger partial charge in [0.05, 0.1) is 69.2 Å². The zero-order valence-corrected chi connectivity index (χ0v) is 49.2. The lowest BCUT2D eigenvalue weighted by atomic mass is 9.73. The summed E-state index contributed by atoms with van der Waals surface area (Å²) in [7, 11) is 0. The fourth-order valence-electron chi connectivity index (χ4n) is 12.6. The van der Waals surface area contributed by atoms with Crippen LogP contribution in [0.1, 0.15) is 72.3 Å². The number of anilines is 2. The van der Waals surface area contributed by atoms with Crippen molar-refractivity contribution in [3.8, 4) is 22.8 Å². The van der Waals surface area contributed by atoms with Gasteiger partial charge in [0, 0.05) is 88.9 Å². The van der Waals surface area contributed by atoms with Gasteiger partial charge in [0.25, 0.3) is 0 Å². The lowest BCUT2D eigenvalue weighted by molar-refractivity contribution is -0.159. The number of morpholine rings is 2. The van der Waals surface area contributed by atoms with Crippen LogP contribution in [-0.2, 0) is 47.4 Å². The van der Waals surface area contributed by atoms with Gasteiger partial charge in [-0.3, -0.25) is 9.69 Å². The van der Waals surface area contributed by atoms with Crippen molar-refractivity contribution < 1.29 is 83.1 Å². The molecule has 22 nitrogen and oxygen atoms in total. The standard InChI is InChI=1S/C30H29F3N6O3.C23H15F4N5O3.C8H14O.C2H2O4/c31-30(32,33)23-13-20-19(2-1-3-22(20)35-23)26-36-24-21-12-18(15-38-6-4-29(5-7-38)16-41-17-29)14-34-28(21)42-25(24)27(37-26)39-8-10-40-11-9-39;24-14-1-2-15-12(8-16(29-15)23(25,26)27)17(14)20-30-18-13-7-11(10-33)9-28-22(13)35-19(18)21(31-20)32-3-5-34-6-4-32;1-2-4-8(5-3-1)6-9-7-8;3-1(4)2(5)6/h1-3,12-14,35H,4-11,15-17H2;1-2,7-10,29H,3-6H2;1-7H2;(H,3,4)(H,5,6). The fourth-order valence-corrected chi connectivity index (χ4v) is 12.6. The van der Waals surface area contributed by atoms with Crippen LogP contribution in [0.15, 0.2) is 75.8 Å². The monoisotopic (exact) mass is 1280 g/mol. The minimum Gasteiger partial charge on any atom is -0.473 e. The first kappa shape index (κ1) is 61.9. The Labute approximate surface area is 517 Å². The molecule has 482 valence electrons. The molecule has 0 unspecified atom stereocenters. The number of likely N-dealkylation sites (tertiary alicyclic amines) is 1. The molecule has 1 aliphatic carbocycles. The van der Waals surface area contributed by atoms with Crippen LogP contribution < -0.4 is 9.80 Å². The van der Waals surface area contributed by atoms with Crippen LogP contribution in [0.25, 0.3) is 89.0 Å². The Balaban J connectivity index is 0.000000138. The maximum absolute atomic E-state index is 15.2. The molecule has 16 rings (SSSR count). The van der Waals surface area contributed by atoms with Crippen molar-refractivity contribution in [2.45, 2.75) is 63.8 Å². The number of pyridine rings is 2. The number of furan rings is 2. The lowest BCUT2D eigenvalue weighted by Crippen LogP contribution is -2.50. The van der Waals surface area contributed by atoms with E-state index in [9.17, 15) is 31.1 Å². The Bertz CT molecular complexity index is 4400. The summed E-state index contributed by atoms with van der Waals surface area (Å²) in [5, 5.41) is 16.3. The van der Waals surface area contributed by atoms with E-state index in [0.29, 0.717) is 126 Å². The number of nitrogens with zero attached hydrogens (tertiary/aromatic N) is 9. The van der Waals surface area contributed by atoms with Crippen LogP contribution in [-0.4, -0.2) is 165 Å². The van der Waals surface area contributed by atoms with E-state index in [2.05, 4.69) is 45.8 Å². The molecule has 5 aliphatic heterocycles. The second kappa shape index (κ2) is 25.0. The molecule has 5 saturated heterocycles. The van der Waals surface area contributed by atoms with Crippen molar-refractivity contribution in [3.63, 3.8) is 0 Å². The van der Waals surface area contributed by atoms with Gasteiger partial charge in [-0.1, -0.05) is 31.4 Å². The number of aliphatic carboxylic acids is 2. The van der Waals surface area contributed by atoms with E-state index in [0.717, 1.165) is 88.1 Å². The molecule has 2 aromatic carbocycles. The maximum Gasteiger partial charge on any atom is 0.431 e. The number of ether oxygens (including phenoxy) is 4. The highest BCUT2D eigenvalue weighted by atomic mass is 19.4. The maximum atomic E-state index is 15.2. The van der Waals surface area contributed by atoms with Gasteiger partial charge in [0.2, 0.25) is 11.4 Å². The predicted molar refractivity (Wildman–Crippen MR) is 320 cm³/mol. The molecule has 1 saturated carbocycles. The first-order chi connectivity index (χ1) is 44.2. The highest BCUT2D eigenvalue weighted by Gasteiger charge is 2.42. The molecule has 6 aliphatic rings. The summed E-state index contributed by atoms with van der Waals surface area (Å²) in [6.07, 6.45) is 4.18. The number of H-pyrrole nitrogens is 2. The van der Waals surface area contributed by atoms with Crippen LogP contribution in [0.4, 0.5) is 42.4 Å². The van der Waals surface area contributed by atoms with Crippen molar-refractivity contribution in [1.29, 1.82) is 0 Å². The molecule has 8 aromatic heterocycles. The summed E-state index contributed by atoms with van der Waals surface area (Å²) in [6, 6.07) is 13.0. The number of rotatable bonds is 7. The molecule has 10 aromatic rings. The van der Waals surface area contributed by atoms with Crippen molar-refractivity contribution in [2.75, 3.05) is 102 Å². The zero-order chi connectivity index (χ0) is 64.1. The summed E-state index contributed by atoms with van der Waals surface area (Å²) in [4.78, 5) is 68.3. The average Bonchev–Trinajstić information content (AvgIpc) is 1.59. The number of fused-ring (bicyclic) bond motifs is 8. The summed E-state index contributed by atoms with van der Waals surface area (Å²) in [6.45, 7) is 10.7. The van der Waals surface area contributed by atoms with E-state index in [1.807, 2.05) is 11.1 Å². The Morgan fingerprint density at radius 2 is 1.11 bits per heavy atom. The highest BCUT2D eigenvalue weighted by Crippen LogP contribution is 2.44. The van der Waals surface area contributed by atoms with Crippen LogP contribution in [0.5, 0.6) is 0 Å². The van der Waals surface area contributed by atoms with E-state index >= 15 is 4.39 Å². The predicted octanol–water partition coefficient (Wildman–Crippen LogP) is 11.2. The summed E-state index contributed by atoms with van der Waals surface area (Å²) < 4.78 is 130. The molecular formula is C63H60F7N11O11. The van der Waals surface area contributed by atoms with Gasteiger partial charge < -0.3 is 57.8 Å². The van der Waals surface area contributed by atoms with Gasteiger partial charge in [0.1, 0.15) is 28.2 Å². The van der Waals surface area contributed by atoms with E-state index < -0.39 is 41.5 Å². The number of aromatic amines is 2. The average molecular weight is 1280 g/mol. The number of hydrogen-bond donors (Lipinski definition) is 4. The third kappa shape index (κ3) is 12.5. The van der Waals surface area contributed by atoms with Gasteiger partial charge in [-0.2, -0.15) is 26.3 Å². The quantitative estimate of drug-likeness (QED) is 0.0656. The first-order valence-electron chi connectivity index (χ1n) is 30.0. The molecular weight excluding hydrogens is 1220 g/mol. The van der Waals surface area contributed by atoms with E-state index in [4.69, 9.17) is 57.6 Å². The molecule has 2 spiro atoms. The second-order valence-corrected chi connectivity index (χ2v) is 23.9. The molecule has 0 atom stereocenters. The summed E-state index contributed by atoms with van der Waals surface area (Å²) in [5.41, 5.74) is 3.67. The fraction of sp³-hybridized carbons (Fsp3) is 0.413. The van der Waals surface area contributed by atoms with Crippen molar-refractivity contribution in [1.82, 2.24) is 44.8 Å². The van der Waals surface area contributed by atoms with E-state index in [-0.39, 0.29) is 44.7 Å². The van der Waals surface area contributed by atoms with Gasteiger partial charge in [0.15, 0.2) is 40.7 Å². The Morgan fingerprint density at radius 3 is 1.64 bits per heavy atom. The number of carboxylic acid groups (broad SMARTS) is 2. The number of aromatic nitrogens is 8. The Hall–Kier alpha value is -8.90. The molecule has 13 heterocycles. The third-order valence-electron chi connectivity index (χ3n) is 17.7. The number of halogens is 7. The van der Waals surface area contributed by atoms with Crippen molar-refractivity contribution >= 4 is 96.1 Å². The van der Waals surface area contributed by atoms with Gasteiger partial charge >= 0.3 is 24.3 Å². The Morgan fingerprint density at radius 1 is 0.587 bits per heavy atom.